The largest absolute Gasteiger partial charge is 0.496 e. The van der Waals surface area contributed by atoms with E-state index in [0.29, 0.717) is 17.9 Å². The first kappa shape index (κ1) is 17.3. The van der Waals surface area contributed by atoms with Crippen molar-refractivity contribution in [2.75, 3.05) is 39.2 Å². The fourth-order valence-electron chi connectivity index (χ4n) is 3.32. The van der Waals surface area contributed by atoms with Crippen molar-refractivity contribution in [2.24, 2.45) is 0 Å². The summed E-state index contributed by atoms with van der Waals surface area (Å²) in [6.45, 7) is 3.46. The molecule has 2 heterocycles. The number of rotatable bonds is 4. The molecule has 1 aromatic heterocycles. The number of aromatic nitrogens is 1. The van der Waals surface area contributed by atoms with E-state index < -0.39 is 0 Å². The Morgan fingerprint density at radius 1 is 1.28 bits per heavy atom. The van der Waals surface area contributed by atoms with Gasteiger partial charge in [0.1, 0.15) is 5.75 Å². The zero-order valence-corrected chi connectivity index (χ0v) is 15.3. The third-order valence-corrected chi connectivity index (χ3v) is 4.71. The van der Waals surface area contributed by atoms with Gasteiger partial charge in [-0.15, -0.1) is 0 Å². The smallest absolute Gasteiger partial charge is 0.257 e. The summed E-state index contributed by atoms with van der Waals surface area (Å²) < 4.78 is 5.33. The third-order valence-electron chi connectivity index (χ3n) is 4.71. The average Bonchev–Trinajstić information content (AvgIpc) is 3.10. The molecule has 0 spiro atoms. The number of carbonyl (C=O) groups excluding carboxylic acids is 1. The van der Waals surface area contributed by atoms with E-state index in [1.807, 2.05) is 50.2 Å². The van der Waals surface area contributed by atoms with Gasteiger partial charge in [0.05, 0.1) is 12.7 Å². The van der Waals surface area contributed by atoms with E-state index in [2.05, 4.69) is 17.0 Å². The summed E-state index contributed by atoms with van der Waals surface area (Å²) in [6, 6.07) is 11.6. The Morgan fingerprint density at radius 3 is 2.76 bits per heavy atom. The lowest BCUT2D eigenvalue weighted by atomic mass is 10.0. The minimum atomic E-state index is 0.0282. The number of carbonyl (C=O) groups is 1. The number of likely N-dealkylation sites (tertiary alicyclic amines) is 1. The fourth-order valence-corrected chi connectivity index (χ4v) is 3.32. The fraction of sp³-hybridized carbons (Fsp3) is 0.400. The molecular weight excluding hydrogens is 314 g/mol. The number of amides is 1. The van der Waals surface area contributed by atoms with Crippen LogP contribution in [-0.4, -0.2) is 50.1 Å². The molecule has 1 aliphatic heterocycles. The first-order valence-corrected chi connectivity index (χ1v) is 8.58. The summed E-state index contributed by atoms with van der Waals surface area (Å²) >= 11 is 0. The minimum Gasteiger partial charge on any atom is -0.496 e. The molecule has 3 rings (SSSR count). The zero-order valence-electron chi connectivity index (χ0n) is 15.3. The molecule has 0 bridgehead atoms. The summed E-state index contributed by atoms with van der Waals surface area (Å²) in [6.07, 6.45) is 0.935. The van der Waals surface area contributed by atoms with Crippen molar-refractivity contribution in [3.05, 3.63) is 53.3 Å². The second kappa shape index (κ2) is 7.13. The lowest BCUT2D eigenvalue weighted by molar-refractivity contribution is 0.0787. The first-order valence-electron chi connectivity index (χ1n) is 8.58. The molecule has 132 valence electrons. The summed E-state index contributed by atoms with van der Waals surface area (Å²) in [7, 11) is 5.66. The van der Waals surface area contributed by atoms with Crippen LogP contribution in [0, 0.1) is 6.92 Å². The SMILES string of the molecule is COc1ccccc1C(=O)N1CCC(c2cc(N(C)C)cc(C)n2)C1. The number of hydrogen-bond donors (Lipinski definition) is 0. The number of hydrogen-bond acceptors (Lipinski definition) is 4. The number of nitrogens with zero attached hydrogens (tertiary/aromatic N) is 3. The topological polar surface area (TPSA) is 45.7 Å². The monoisotopic (exact) mass is 339 g/mol. The maximum absolute atomic E-state index is 12.9. The normalized spacial score (nSPS) is 16.8. The van der Waals surface area contributed by atoms with Gasteiger partial charge in [0.15, 0.2) is 0 Å². The van der Waals surface area contributed by atoms with Gasteiger partial charge in [-0.05, 0) is 37.6 Å². The van der Waals surface area contributed by atoms with E-state index in [1.165, 1.54) is 0 Å². The van der Waals surface area contributed by atoms with E-state index in [-0.39, 0.29) is 11.8 Å². The molecule has 0 saturated carbocycles. The summed E-state index contributed by atoms with van der Waals surface area (Å²) in [4.78, 5) is 21.6. The van der Waals surface area contributed by atoms with Crippen LogP contribution < -0.4 is 9.64 Å². The van der Waals surface area contributed by atoms with Crippen molar-refractivity contribution in [3.63, 3.8) is 0 Å². The molecule has 1 aliphatic rings. The van der Waals surface area contributed by atoms with Crippen LogP contribution >= 0.6 is 0 Å². The first-order chi connectivity index (χ1) is 12.0. The Bertz CT molecular complexity index is 773. The molecule has 1 amide bonds. The molecule has 0 aliphatic carbocycles. The predicted molar refractivity (Wildman–Crippen MR) is 99.6 cm³/mol. The van der Waals surface area contributed by atoms with Gasteiger partial charge in [0.25, 0.3) is 5.91 Å². The Morgan fingerprint density at radius 2 is 2.04 bits per heavy atom. The molecular formula is C20H25N3O2. The van der Waals surface area contributed by atoms with Crippen molar-refractivity contribution in [1.82, 2.24) is 9.88 Å². The number of para-hydroxylation sites is 1. The average molecular weight is 339 g/mol. The van der Waals surface area contributed by atoms with Crippen molar-refractivity contribution in [3.8, 4) is 5.75 Å². The summed E-state index contributed by atoms with van der Waals surface area (Å²) in [5.74, 6) is 0.928. The molecule has 5 nitrogen and oxygen atoms in total. The molecule has 1 fully saturated rings. The highest BCUT2D eigenvalue weighted by Crippen LogP contribution is 2.30. The molecule has 2 aromatic rings. The number of methoxy groups -OCH3 is 1. The molecule has 25 heavy (non-hydrogen) atoms. The summed E-state index contributed by atoms with van der Waals surface area (Å²) in [5.41, 5.74) is 3.85. The standard InChI is InChI=1S/C20H25N3O2/c1-14-11-16(22(2)3)12-18(21-14)15-9-10-23(13-15)20(24)17-7-5-6-8-19(17)25-4/h5-8,11-12,15H,9-10,13H2,1-4H3. The van der Waals surface area contributed by atoms with Crippen molar-refractivity contribution in [2.45, 2.75) is 19.3 Å². The van der Waals surface area contributed by atoms with Gasteiger partial charge >= 0.3 is 0 Å². The lowest BCUT2D eigenvalue weighted by Gasteiger charge is -2.19. The third kappa shape index (κ3) is 3.60. The highest BCUT2D eigenvalue weighted by Gasteiger charge is 2.30. The Balaban J connectivity index is 1.79. The van der Waals surface area contributed by atoms with Crippen molar-refractivity contribution >= 4 is 11.6 Å². The van der Waals surface area contributed by atoms with E-state index in [4.69, 9.17) is 9.72 Å². The molecule has 1 aromatic carbocycles. The van der Waals surface area contributed by atoms with Gasteiger partial charge < -0.3 is 14.5 Å². The molecule has 1 atom stereocenters. The van der Waals surface area contributed by atoms with Crippen LogP contribution in [0.2, 0.25) is 0 Å². The van der Waals surface area contributed by atoms with E-state index >= 15 is 0 Å². The number of aryl methyl sites for hydroxylation is 1. The molecule has 0 N–H and O–H groups in total. The van der Waals surface area contributed by atoms with E-state index in [0.717, 1.165) is 30.0 Å². The van der Waals surface area contributed by atoms with Gasteiger partial charge in [-0.1, -0.05) is 12.1 Å². The zero-order chi connectivity index (χ0) is 18.0. The van der Waals surface area contributed by atoms with Crippen LogP contribution in [0.25, 0.3) is 0 Å². The van der Waals surface area contributed by atoms with Gasteiger partial charge in [-0.3, -0.25) is 9.78 Å². The van der Waals surface area contributed by atoms with Crippen LogP contribution in [0.4, 0.5) is 5.69 Å². The van der Waals surface area contributed by atoms with E-state index in [9.17, 15) is 4.79 Å². The molecule has 1 saturated heterocycles. The van der Waals surface area contributed by atoms with Crippen LogP contribution in [-0.2, 0) is 0 Å². The Kier molecular flexibility index (Phi) is 4.93. The predicted octanol–water partition coefficient (Wildman–Crippen LogP) is 3.09. The van der Waals surface area contributed by atoms with Crippen LogP contribution in [0.3, 0.4) is 0 Å². The Hall–Kier alpha value is -2.56. The van der Waals surface area contributed by atoms with Crippen LogP contribution in [0.15, 0.2) is 36.4 Å². The van der Waals surface area contributed by atoms with Gasteiger partial charge in [0.2, 0.25) is 0 Å². The van der Waals surface area contributed by atoms with Crippen LogP contribution in [0.1, 0.15) is 34.1 Å². The molecule has 1 unspecified atom stereocenters. The second-order valence-electron chi connectivity index (χ2n) is 6.72. The van der Waals surface area contributed by atoms with Gasteiger partial charge in [-0.25, -0.2) is 0 Å². The quantitative estimate of drug-likeness (QED) is 0.859. The van der Waals surface area contributed by atoms with Crippen LogP contribution in [0.5, 0.6) is 5.75 Å². The number of anilines is 1. The number of benzene rings is 1. The van der Waals surface area contributed by atoms with Gasteiger partial charge in [-0.2, -0.15) is 0 Å². The highest BCUT2D eigenvalue weighted by molar-refractivity contribution is 5.97. The van der Waals surface area contributed by atoms with E-state index in [1.54, 1.807) is 7.11 Å². The second-order valence-corrected chi connectivity index (χ2v) is 6.72. The molecule has 5 heteroatoms. The minimum absolute atomic E-state index is 0.0282. The lowest BCUT2D eigenvalue weighted by Crippen LogP contribution is -2.29. The maximum Gasteiger partial charge on any atom is 0.257 e. The highest BCUT2D eigenvalue weighted by atomic mass is 16.5. The van der Waals surface area contributed by atoms with Crippen molar-refractivity contribution in [1.29, 1.82) is 0 Å². The number of pyridine rings is 1. The summed E-state index contributed by atoms with van der Waals surface area (Å²) in [5, 5.41) is 0. The van der Waals surface area contributed by atoms with Gasteiger partial charge in [0, 0.05) is 50.2 Å². The number of ether oxygens (including phenoxy) is 1. The molecule has 0 radical (unpaired) electrons. The maximum atomic E-state index is 12.9. The van der Waals surface area contributed by atoms with Crippen molar-refractivity contribution < 1.29 is 9.53 Å². The Labute approximate surface area is 149 Å².